The summed E-state index contributed by atoms with van der Waals surface area (Å²) in [5, 5.41) is 0. The number of Topliss-reactive ketones (excluding diaryl/α,β-unsaturated/α-hetero) is 1. The van der Waals surface area contributed by atoms with Crippen molar-refractivity contribution in [2.75, 3.05) is 13.2 Å². The molecule has 0 aromatic heterocycles. The number of ketones is 1. The minimum atomic E-state index is -0.382. The van der Waals surface area contributed by atoms with Crippen LogP contribution in [0, 0.1) is 0 Å². The summed E-state index contributed by atoms with van der Waals surface area (Å²) in [4.78, 5) is 33.1. The normalized spacial score (nSPS) is 9.62. The van der Waals surface area contributed by atoms with Crippen molar-refractivity contribution in [3.8, 4) is 0 Å². The summed E-state index contributed by atoms with van der Waals surface area (Å²) in [5.41, 5.74) is 0. The van der Waals surface area contributed by atoms with Crippen molar-refractivity contribution < 1.29 is 23.9 Å². The van der Waals surface area contributed by atoms with E-state index in [2.05, 4.69) is 9.47 Å². The Balaban J connectivity index is 3.59. The maximum atomic E-state index is 11.2. The van der Waals surface area contributed by atoms with Crippen LogP contribution in [0.1, 0.15) is 39.5 Å². The van der Waals surface area contributed by atoms with E-state index in [1.165, 1.54) is 0 Å². The Morgan fingerprint density at radius 2 is 1.12 bits per heavy atom. The highest BCUT2D eigenvalue weighted by atomic mass is 16.5. The lowest BCUT2D eigenvalue weighted by molar-refractivity contribution is -0.144. The van der Waals surface area contributed by atoms with Crippen LogP contribution in [0.3, 0.4) is 0 Å². The van der Waals surface area contributed by atoms with Crippen molar-refractivity contribution >= 4 is 17.7 Å². The Labute approximate surface area is 95.1 Å². The standard InChI is InChI=1S/C11H18O5/c1-3-15-10(13)7-5-9(12)6-8-11(14)16-4-2/h3-8H2,1-2H3. The predicted molar refractivity (Wildman–Crippen MR) is 56.7 cm³/mol. The van der Waals surface area contributed by atoms with Crippen LogP contribution in [0.15, 0.2) is 0 Å². The molecule has 0 heterocycles. The zero-order valence-corrected chi connectivity index (χ0v) is 9.78. The van der Waals surface area contributed by atoms with Crippen LogP contribution < -0.4 is 0 Å². The van der Waals surface area contributed by atoms with Crippen LogP contribution >= 0.6 is 0 Å². The molecule has 0 spiro atoms. The molecule has 0 atom stereocenters. The van der Waals surface area contributed by atoms with Gasteiger partial charge in [0.2, 0.25) is 0 Å². The Hall–Kier alpha value is -1.39. The van der Waals surface area contributed by atoms with Gasteiger partial charge in [-0.2, -0.15) is 0 Å². The highest BCUT2D eigenvalue weighted by Gasteiger charge is 2.10. The molecule has 5 nitrogen and oxygen atoms in total. The second-order valence-electron chi connectivity index (χ2n) is 3.15. The molecule has 0 aromatic rings. The average Bonchev–Trinajstić information content (AvgIpc) is 2.24. The third-order valence-corrected chi connectivity index (χ3v) is 1.83. The van der Waals surface area contributed by atoms with Gasteiger partial charge in [-0.25, -0.2) is 0 Å². The topological polar surface area (TPSA) is 69.7 Å². The fourth-order valence-corrected chi connectivity index (χ4v) is 1.07. The smallest absolute Gasteiger partial charge is 0.306 e. The predicted octanol–water partition coefficient (Wildman–Crippen LogP) is 1.24. The first-order valence-corrected chi connectivity index (χ1v) is 5.43. The van der Waals surface area contributed by atoms with Gasteiger partial charge in [0.05, 0.1) is 26.1 Å². The van der Waals surface area contributed by atoms with Crippen molar-refractivity contribution in [3.63, 3.8) is 0 Å². The van der Waals surface area contributed by atoms with E-state index < -0.39 is 0 Å². The summed E-state index contributed by atoms with van der Waals surface area (Å²) >= 11 is 0. The summed E-state index contributed by atoms with van der Waals surface area (Å²) in [5.74, 6) is -0.889. The van der Waals surface area contributed by atoms with Crippen molar-refractivity contribution in [2.24, 2.45) is 0 Å². The zero-order valence-electron chi connectivity index (χ0n) is 9.78. The third kappa shape index (κ3) is 7.96. The maximum absolute atomic E-state index is 11.2. The number of hydrogen-bond donors (Lipinski definition) is 0. The first kappa shape index (κ1) is 14.6. The molecule has 0 saturated heterocycles. The molecule has 0 rings (SSSR count). The second kappa shape index (κ2) is 8.88. The Morgan fingerprint density at radius 1 is 0.750 bits per heavy atom. The van der Waals surface area contributed by atoms with Crippen LogP contribution in [0.25, 0.3) is 0 Å². The molecule has 0 N–H and O–H groups in total. The maximum Gasteiger partial charge on any atom is 0.306 e. The van der Waals surface area contributed by atoms with E-state index in [1.807, 2.05) is 0 Å². The molecular formula is C11H18O5. The quantitative estimate of drug-likeness (QED) is 0.587. The van der Waals surface area contributed by atoms with Gasteiger partial charge >= 0.3 is 11.9 Å². The summed E-state index contributed by atoms with van der Waals surface area (Å²) in [6.45, 7) is 4.05. The van der Waals surface area contributed by atoms with E-state index in [4.69, 9.17) is 0 Å². The molecule has 0 unspecified atom stereocenters. The van der Waals surface area contributed by atoms with Crippen molar-refractivity contribution in [2.45, 2.75) is 39.5 Å². The number of carbonyl (C=O) groups is 3. The van der Waals surface area contributed by atoms with Gasteiger partial charge in [0.25, 0.3) is 0 Å². The van der Waals surface area contributed by atoms with Crippen molar-refractivity contribution in [1.29, 1.82) is 0 Å². The van der Waals surface area contributed by atoms with E-state index in [-0.39, 0.29) is 43.4 Å². The van der Waals surface area contributed by atoms with Gasteiger partial charge in [0, 0.05) is 12.8 Å². The number of carbonyl (C=O) groups excluding carboxylic acids is 3. The number of esters is 2. The van der Waals surface area contributed by atoms with Crippen LogP contribution in [0.5, 0.6) is 0 Å². The minimum Gasteiger partial charge on any atom is -0.466 e. The third-order valence-electron chi connectivity index (χ3n) is 1.83. The van der Waals surface area contributed by atoms with Crippen LogP contribution in [0.2, 0.25) is 0 Å². The van der Waals surface area contributed by atoms with Gasteiger partial charge < -0.3 is 9.47 Å². The first-order valence-electron chi connectivity index (χ1n) is 5.43. The Bertz CT molecular complexity index is 223. The van der Waals surface area contributed by atoms with Crippen LogP contribution in [0.4, 0.5) is 0 Å². The fraction of sp³-hybridized carbons (Fsp3) is 0.727. The van der Waals surface area contributed by atoms with E-state index in [1.54, 1.807) is 13.8 Å². The summed E-state index contributed by atoms with van der Waals surface area (Å²) in [7, 11) is 0. The van der Waals surface area contributed by atoms with Gasteiger partial charge in [-0.05, 0) is 13.8 Å². The average molecular weight is 230 g/mol. The molecule has 0 aliphatic rings. The Kier molecular flexibility index (Phi) is 8.11. The molecule has 0 aliphatic heterocycles. The van der Waals surface area contributed by atoms with Gasteiger partial charge in [-0.15, -0.1) is 0 Å². The molecule has 0 radical (unpaired) electrons. The lowest BCUT2D eigenvalue weighted by Crippen LogP contribution is -2.10. The number of hydrogen-bond acceptors (Lipinski definition) is 5. The first-order chi connectivity index (χ1) is 7.60. The van der Waals surface area contributed by atoms with Crippen molar-refractivity contribution in [3.05, 3.63) is 0 Å². The van der Waals surface area contributed by atoms with E-state index in [0.717, 1.165) is 0 Å². The lowest BCUT2D eigenvalue weighted by atomic mass is 10.1. The Morgan fingerprint density at radius 3 is 1.44 bits per heavy atom. The monoisotopic (exact) mass is 230 g/mol. The molecule has 0 amide bonds. The fourth-order valence-electron chi connectivity index (χ4n) is 1.07. The van der Waals surface area contributed by atoms with Gasteiger partial charge in [0.15, 0.2) is 0 Å². The molecule has 0 bridgehead atoms. The molecule has 0 saturated carbocycles. The highest BCUT2D eigenvalue weighted by molar-refractivity contribution is 5.85. The number of rotatable bonds is 8. The van der Waals surface area contributed by atoms with E-state index in [9.17, 15) is 14.4 Å². The molecule has 92 valence electrons. The summed E-state index contributed by atoms with van der Waals surface area (Å²) in [6, 6.07) is 0. The SMILES string of the molecule is CCOC(=O)CCC(=O)CCC(=O)OCC. The largest absolute Gasteiger partial charge is 0.466 e. The molecule has 0 aliphatic carbocycles. The molecule has 0 aromatic carbocycles. The summed E-state index contributed by atoms with van der Waals surface area (Å²) < 4.78 is 9.35. The van der Waals surface area contributed by atoms with Crippen LogP contribution in [-0.2, 0) is 23.9 Å². The van der Waals surface area contributed by atoms with Gasteiger partial charge in [0.1, 0.15) is 5.78 Å². The van der Waals surface area contributed by atoms with Crippen LogP contribution in [-0.4, -0.2) is 30.9 Å². The summed E-state index contributed by atoms with van der Waals surface area (Å²) in [6.07, 6.45) is 0.404. The van der Waals surface area contributed by atoms with E-state index >= 15 is 0 Å². The van der Waals surface area contributed by atoms with Crippen molar-refractivity contribution in [1.82, 2.24) is 0 Å². The minimum absolute atomic E-state index is 0.0789. The molecule has 5 heteroatoms. The molecular weight excluding hydrogens is 212 g/mol. The van der Waals surface area contributed by atoms with Gasteiger partial charge in [-0.1, -0.05) is 0 Å². The number of ether oxygens (including phenoxy) is 2. The second-order valence-corrected chi connectivity index (χ2v) is 3.15. The molecule has 0 fully saturated rings. The molecule has 16 heavy (non-hydrogen) atoms. The van der Waals surface area contributed by atoms with E-state index in [0.29, 0.717) is 13.2 Å². The van der Waals surface area contributed by atoms with Gasteiger partial charge in [-0.3, -0.25) is 14.4 Å². The highest BCUT2D eigenvalue weighted by Crippen LogP contribution is 2.01. The zero-order chi connectivity index (χ0) is 12.4. The lowest BCUT2D eigenvalue weighted by Gasteiger charge is -2.02.